The largest absolute Gasteiger partial charge is 0.462 e. The highest BCUT2D eigenvalue weighted by Gasteiger charge is 2.29. The molecule has 152 valence electrons. The fraction of sp³-hybridized carbons (Fsp3) is 0.700. The highest BCUT2D eigenvalue weighted by atomic mass is 32.1. The highest BCUT2D eigenvalue weighted by molar-refractivity contribution is 7.17. The van der Waals surface area contributed by atoms with Crippen molar-refractivity contribution in [2.75, 3.05) is 44.6 Å². The molecule has 1 aliphatic rings. The van der Waals surface area contributed by atoms with Gasteiger partial charge in [0.1, 0.15) is 18.1 Å². The molecule has 1 heterocycles. The van der Waals surface area contributed by atoms with E-state index in [1.165, 1.54) is 9.78 Å². The van der Waals surface area contributed by atoms with Crippen molar-refractivity contribution in [2.45, 2.75) is 47.0 Å². The van der Waals surface area contributed by atoms with Gasteiger partial charge in [0.2, 0.25) is 0 Å². The summed E-state index contributed by atoms with van der Waals surface area (Å²) in [7, 11) is 0. The summed E-state index contributed by atoms with van der Waals surface area (Å²) in [5.74, 6) is 0.251. The van der Waals surface area contributed by atoms with E-state index in [0.29, 0.717) is 29.6 Å². The summed E-state index contributed by atoms with van der Waals surface area (Å²) < 4.78 is 5.26. The molecule has 0 bridgehead atoms. The average Bonchev–Trinajstić information content (AvgIpc) is 2.98. The van der Waals surface area contributed by atoms with E-state index in [-0.39, 0.29) is 11.9 Å². The number of carbonyl (C=O) groups excluding carboxylic acids is 2. The first-order chi connectivity index (χ1) is 13.0. The van der Waals surface area contributed by atoms with Gasteiger partial charge in [-0.3, -0.25) is 4.79 Å². The van der Waals surface area contributed by atoms with Crippen LogP contribution in [0.2, 0.25) is 0 Å². The fourth-order valence-corrected chi connectivity index (χ4v) is 4.99. The average molecular weight is 398 g/mol. The first-order valence-corrected chi connectivity index (χ1v) is 11.1. The zero-order valence-electron chi connectivity index (χ0n) is 17.2. The van der Waals surface area contributed by atoms with Gasteiger partial charge in [-0.05, 0) is 51.5 Å². The Balaban J connectivity index is 2.00. The molecule has 1 amide bonds. The van der Waals surface area contributed by atoms with Gasteiger partial charge in [-0.15, -0.1) is 11.3 Å². The molecule has 0 spiro atoms. The molecule has 2 rings (SSSR count). The Morgan fingerprint density at radius 2 is 2.04 bits per heavy atom. The summed E-state index contributed by atoms with van der Waals surface area (Å²) in [6.45, 7) is 13.3. The van der Waals surface area contributed by atoms with Gasteiger partial charge in [0.25, 0.3) is 5.91 Å². The molecule has 1 aromatic rings. The maximum Gasteiger partial charge on any atom is 0.341 e. The molecule has 0 aliphatic heterocycles. The number of carbonyl (C=O) groups is 2. The number of likely N-dealkylation sites (N-methyl/N-ethyl adjacent to an activating group) is 1. The molecule has 1 atom stereocenters. The third-order valence-corrected chi connectivity index (χ3v) is 6.45. The summed E-state index contributed by atoms with van der Waals surface area (Å²) >= 11 is 1.55. The van der Waals surface area contributed by atoms with Gasteiger partial charge in [-0.1, -0.05) is 6.92 Å². The number of amides is 1. The van der Waals surface area contributed by atoms with E-state index in [0.717, 1.165) is 51.0 Å². The monoisotopic (exact) mass is 397 g/mol. The Morgan fingerprint density at radius 3 is 2.70 bits per heavy atom. The number of rotatable bonds is 10. The van der Waals surface area contributed by atoms with E-state index in [1.54, 1.807) is 11.3 Å². The lowest BCUT2D eigenvalue weighted by Crippen LogP contribution is -3.14. The summed E-state index contributed by atoms with van der Waals surface area (Å²) in [5.41, 5.74) is 1.67. The third-order valence-electron chi connectivity index (χ3n) is 5.28. The van der Waals surface area contributed by atoms with Gasteiger partial charge in [-0.25, -0.2) is 4.79 Å². The van der Waals surface area contributed by atoms with Gasteiger partial charge in [0.15, 0.2) is 6.54 Å². The maximum absolute atomic E-state index is 12.5. The quantitative estimate of drug-likeness (QED) is 0.397. The number of nitrogens with two attached hydrogens (primary N) is 1. The van der Waals surface area contributed by atoms with E-state index in [4.69, 9.17) is 4.74 Å². The van der Waals surface area contributed by atoms with E-state index < -0.39 is 0 Å². The first-order valence-electron chi connectivity index (χ1n) is 10.3. The number of hydrogen-bond acceptors (Lipinski definition) is 4. The number of ether oxygens (including phenoxy) is 1. The molecule has 0 radical (unpaired) electrons. The topological polar surface area (TPSA) is 76.4 Å². The first kappa shape index (κ1) is 21.9. The molecule has 27 heavy (non-hydrogen) atoms. The van der Waals surface area contributed by atoms with Gasteiger partial charge in [0.05, 0.1) is 25.3 Å². The molecule has 1 aromatic heterocycles. The van der Waals surface area contributed by atoms with Crippen LogP contribution in [-0.2, 0) is 22.4 Å². The van der Waals surface area contributed by atoms with Crippen LogP contribution in [-0.4, -0.2) is 51.2 Å². The number of thiophene rings is 1. The molecule has 6 nitrogen and oxygen atoms in total. The van der Waals surface area contributed by atoms with Gasteiger partial charge in [0, 0.05) is 4.88 Å². The van der Waals surface area contributed by atoms with E-state index in [1.807, 2.05) is 12.2 Å². The Kier molecular flexibility index (Phi) is 8.73. The molecular weight excluding hydrogens is 362 g/mol. The van der Waals surface area contributed by atoms with Crippen LogP contribution in [0.3, 0.4) is 0 Å². The predicted molar refractivity (Wildman–Crippen MR) is 109 cm³/mol. The molecule has 1 unspecified atom stereocenters. The number of esters is 1. The van der Waals surface area contributed by atoms with Crippen LogP contribution < -0.4 is 15.5 Å². The van der Waals surface area contributed by atoms with Crippen molar-refractivity contribution in [3.8, 4) is 0 Å². The van der Waals surface area contributed by atoms with Crippen molar-refractivity contribution in [3.63, 3.8) is 0 Å². The van der Waals surface area contributed by atoms with Gasteiger partial charge in [-0.2, -0.15) is 0 Å². The second kappa shape index (κ2) is 10.8. The molecule has 7 heteroatoms. The molecule has 0 aromatic carbocycles. The summed E-state index contributed by atoms with van der Waals surface area (Å²) in [4.78, 5) is 27.7. The fourth-order valence-electron chi connectivity index (χ4n) is 3.58. The lowest BCUT2D eigenvalue weighted by atomic mass is 9.88. The van der Waals surface area contributed by atoms with Crippen molar-refractivity contribution in [1.29, 1.82) is 0 Å². The van der Waals surface area contributed by atoms with E-state index in [9.17, 15) is 9.59 Å². The van der Waals surface area contributed by atoms with Crippen molar-refractivity contribution in [1.82, 2.24) is 0 Å². The summed E-state index contributed by atoms with van der Waals surface area (Å²) in [5, 5.41) is 5.69. The smallest absolute Gasteiger partial charge is 0.341 e. The normalized spacial score (nSPS) is 16.3. The maximum atomic E-state index is 12.5. The van der Waals surface area contributed by atoms with E-state index in [2.05, 4.69) is 26.1 Å². The number of hydrogen-bond donors (Lipinski definition) is 3. The molecule has 0 saturated heterocycles. The second-order valence-electron chi connectivity index (χ2n) is 7.31. The lowest BCUT2D eigenvalue weighted by molar-refractivity contribution is -0.908. The number of fused-ring (bicyclic) bond motifs is 1. The summed E-state index contributed by atoms with van der Waals surface area (Å²) in [6.07, 6.45) is 2.93. The predicted octanol–water partition coefficient (Wildman–Crippen LogP) is 0.476. The van der Waals surface area contributed by atoms with Crippen LogP contribution >= 0.6 is 11.3 Å². The minimum atomic E-state index is -0.311. The van der Waals surface area contributed by atoms with Crippen LogP contribution in [0, 0.1) is 5.92 Å². The zero-order chi connectivity index (χ0) is 19.8. The molecular formula is C20H35N3O3S+2. The zero-order valence-corrected chi connectivity index (χ0v) is 18.0. The Bertz CT molecular complexity index is 641. The number of anilines is 1. The van der Waals surface area contributed by atoms with Crippen LogP contribution in [0.15, 0.2) is 0 Å². The number of nitrogens with one attached hydrogen (secondary N) is 2. The Labute approximate surface area is 166 Å². The van der Waals surface area contributed by atoms with Crippen molar-refractivity contribution in [3.05, 3.63) is 16.0 Å². The van der Waals surface area contributed by atoms with Gasteiger partial charge >= 0.3 is 5.97 Å². The van der Waals surface area contributed by atoms with Crippen LogP contribution in [0.1, 0.15) is 54.9 Å². The molecule has 4 N–H and O–H groups in total. The van der Waals surface area contributed by atoms with Crippen LogP contribution in [0.5, 0.6) is 0 Å². The minimum absolute atomic E-state index is 0.0539. The number of quaternary nitrogens is 2. The summed E-state index contributed by atoms with van der Waals surface area (Å²) in [6, 6.07) is 0. The van der Waals surface area contributed by atoms with Crippen molar-refractivity contribution in [2.24, 2.45) is 5.92 Å². The van der Waals surface area contributed by atoms with Crippen molar-refractivity contribution < 1.29 is 24.5 Å². The highest BCUT2D eigenvalue weighted by Crippen LogP contribution is 2.40. The van der Waals surface area contributed by atoms with Crippen molar-refractivity contribution >= 4 is 28.2 Å². The van der Waals surface area contributed by atoms with Gasteiger partial charge < -0.3 is 20.3 Å². The second-order valence-corrected chi connectivity index (χ2v) is 8.42. The van der Waals surface area contributed by atoms with Crippen LogP contribution in [0.25, 0.3) is 0 Å². The molecule has 1 aliphatic carbocycles. The Hall–Kier alpha value is -1.44. The molecule has 0 fully saturated rings. The van der Waals surface area contributed by atoms with Crippen LogP contribution in [0.4, 0.5) is 5.00 Å². The SMILES string of the molecule is CCOC(=O)c1c(NC(=O)C[NH2+]CC[NH+](CC)CC)sc2c1CCC(C)C2. The lowest BCUT2D eigenvalue weighted by Gasteiger charge is -2.18. The third kappa shape index (κ3) is 6.02. The van der Waals surface area contributed by atoms with E-state index >= 15 is 0 Å². The standard InChI is InChI=1S/C20H33N3O3S/c1-5-23(6-2)11-10-21-13-17(24)22-19-18(20(25)26-7-3)15-9-8-14(4)12-16(15)27-19/h14,21H,5-13H2,1-4H3,(H,22,24)/p+2. The molecule has 0 saturated carbocycles. The Morgan fingerprint density at radius 1 is 1.30 bits per heavy atom. The minimum Gasteiger partial charge on any atom is -0.462 e.